The quantitative estimate of drug-likeness (QED) is 0.742. The molecule has 0 unspecified atom stereocenters. The average Bonchev–Trinajstić information content (AvgIpc) is 3.18. The van der Waals surface area contributed by atoms with E-state index in [0.717, 1.165) is 66.1 Å². The molecule has 1 fully saturated rings. The van der Waals surface area contributed by atoms with E-state index in [2.05, 4.69) is 68.2 Å². The van der Waals surface area contributed by atoms with E-state index in [0.29, 0.717) is 0 Å². The number of hydrogen-bond donors (Lipinski definition) is 2. The van der Waals surface area contributed by atoms with Gasteiger partial charge in [0.05, 0.1) is 6.20 Å². The number of aromatic nitrogens is 3. The van der Waals surface area contributed by atoms with E-state index in [1.165, 1.54) is 0 Å². The molecule has 0 bridgehead atoms. The van der Waals surface area contributed by atoms with Crippen LogP contribution in [0, 0.1) is 0 Å². The highest BCUT2D eigenvalue weighted by Gasteiger charge is 2.14. The van der Waals surface area contributed by atoms with Crippen LogP contribution < -0.4 is 5.32 Å². The Bertz CT molecular complexity index is 894. The SMILES string of the molecule is C=C(CN1CCN(C)CC1)Nc1cc2cc(-c3cn[nH]c3)ccc2cn1. The maximum Gasteiger partial charge on any atom is 0.130 e. The fourth-order valence-electron chi connectivity index (χ4n) is 3.29. The van der Waals surface area contributed by atoms with Crippen LogP contribution in [0.3, 0.4) is 0 Å². The Labute approximate surface area is 153 Å². The van der Waals surface area contributed by atoms with Crippen LogP contribution in [-0.4, -0.2) is 64.8 Å². The highest BCUT2D eigenvalue weighted by molar-refractivity contribution is 5.88. The Balaban J connectivity index is 1.47. The molecule has 3 heterocycles. The first-order valence-electron chi connectivity index (χ1n) is 8.92. The van der Waals surface area contributed by atoms with Crippen LogP contribution in [0.25, 0.3) is 21.9 Å². The van der Waals surface area contributed by atoms with Crippen molar-refractivity contribution in [2.24, 2.45) is 0 Å². The van der Waals surface area contributed by atoms with Gasteiger partial charge in [-0.05, 0) is 30.1 Å². The van der Waals surface area contributed by atoms with Crippen molar-refractivity contribution in [2.45, 2.75) is 0 Å². The van der Waals surface area contributed by atoms with Gasteiger partial charge in [0.25, 0.3) is 0 Å². The molecule has 2 aromatic heterocycles. The fourth-order valence-corrected chi connectivity index (χ4v) is 3.29. The molecule has 2 N–H and O–H groups in total. The van der Waals surface area contributed by atoms with Crippen molar-refractivity contribution >= 4 is 16.6 Å². The molecule has 0 aliphatic carbocycles. The second-order valence-corrected chi connectivity index (χ2v) is 6.93. The van der Waals surface area contributed by atoms with E-state index in [1.807, 2.05) is 18.6 Å². The topological polar surface area (TPSA) is 60.1 Å². The van der Waals surface area contributed by atoms with Gasteiger partial charge in [0, 0.05) is 61.8 Å². The van der Waals surface area contributed by atoms with Gasteiger partial charge in [0.2, 0.25) is 0 Å². The van der Waals surface area contributed by atoms with E-state index in [-0.39, 0.29) is 0 Å². The van der Waals surface area contributed by atoms with E-state index >= 15 is 0 Å². The van der Waals surface area contributed by atoms with Crippen LogP contribution in [0.15, 0.2) is 55.1 Å². The number of H-pyrrole nitrogens is 1. The van der Waals surface area contributed by atoms with E-state index < -0.39 is 0 Å². The number of benzene rings is 1. The van der Waals surface area contributed by atoms with Gasteiger partial charge >= 0.3 is 0 Å². The molecule has 1 aromatic carbocycles. The van der Waals surface area contributed by atoms with Gasteiger partial charge in [-0.25, -0.2) is 4.98 Å². The van der Waals surface area contributed by atoms with Gasteiger partial charge in [0.15, 0.2) is 0 Å². The number of fused-ring (bicyclic) bond motifs is 1. The predicted octanol–water partition coefficient (Wildman–Crippen LogP) is 2.80. The summed E-state index contributed by atoms with van der Waals surface area (Å²) in [6.07, 6.45) is 5.64. The third kappa shape index (κ3) is 3.76. The zero-order valence-electron chi connectivity index (χ0n) is 15.1. The largest absolute Gasteiger partial charge is 0.343 e. The molecule has 0 spiro atoms. The Morgan fingerprint density at radius 1 is 1.12 bits per heavy atom. The lowest BCUT2D eigenvalue weighted by Crippen LogP contribution is -2.45. The van der Waals surface area contributed by atoms with Crippen LogP contribution in [0.2, 0.25) is 0 Å². The molecule has 6 heteroatoms. The van der Waals surface area contributed by atoms with Crippen LogP contribution in [-0.2, 0) is 0 Å². The number of aromatic amines is 1. The summed E-state index contributed by atoms with van der Waals surface area (Å²) in [5.41, 5.74) is 3.20. The molecule has 4 rings (SSSR count). The van der Waals surface area contributed by atoms with Gasteiger partial charge in [-0.2, -0.15) is 5.10 Å². The minimum Gasteiger partial charge on any atom is -0.343 e. The molecule has 26 heavy (non-hydrogen) atoms. The molecule has 1 saturated heterocycles. The standard InChI is InChI=1S/C20H24N6/c1-15(14-26-7-5-25(2)6-8-26)24-20-10-18-9-16(19-12-22-23-13-19)3-4-17(18)11-21-20/h3-4,9-13H,1,5-8,14H2,2H3,(H,21,24)(H,22,23). The lowest BCUT2D eigenvalue weighted by Gasteiger charge is -2.32. The molecule has 0 amide bonds. The Morgan fingerprint density at radius 3 is 2.73 bits per heavy atom. The van der Waals surface area contributed by atoms with Crippen molar-refractivity contribution in [2.75, 3.05) is 45.1 Å². The molecular formula is C20H24N6. The van der Waals surface area contributed by atoms with Crippen LogP contribution in [0.4, 0.5) is 5.82 Å². The summed E-state index contributed by atoms with van der Waals surface area (Å²) >= 11 is 0. The summed E-state index contributed by atoms with van der Waals surface area (Å²) < 4.78 is 0. The van der Waals surface area contributed by atoms with Gasteiger partial charge in [0.1, 0.15) is 5.82 Å². The zero-order chi connectivity index (χ0) is 17.9. The van der Waals surface area contributed by atoms with E-state index in [4.69, 9.17) is 0 Å². The summed E-state index contributed by atoms with van der Waals surface area (Å²) in [5.74, 6) is 0.834. The molecule has 6 nitrogen and oxygen atoms in total. The summed E-state index contributed by atoms with van der Waals surface area (Å²) in [5, 5.41) is 12.5. The summed E-state index contributed by atoms with van der Waals surface area (Å²) in [4.78, 5) is 9.31. The number of nitrogens with zero attached hydrogens (tertiary/aromatic N) is 4. The minimum atomic E-state index is 0.834. The second kappa shape index (κ2) is 7.27. The first kappa shape index (κ1) is 16.8. The van der Waals surface area contributed by atoms with Crippen molar-refractivity contribution < 1.29 is 0 Å². The van der Waals surface area contributed by atoms with Gasteiger partial charge < -0.3 is 10.2 Å². The highest BCUT2D eigenvalue weighted by atomic mass is 15.3. The predicted molar refractivity (Wildman–Crippen MR) is 106 cm³/mol. The smallest absolute Gasteiger partial charge is 0.130 e. The first-order chi connectivity index (χ1) is 12.7. The van der Waals surface area contributed by atoms with Crippen molar-refractivity contribution in [3.63, 3.8) is 0 Å². The molecular weight excluding hydrogens is 324 g/mol. The molecule has 0 atom stereocenters. The summed E-state index contributed by atoms with van der Waals surface area (Å²) in [6, 6.07) is 8.42. The van der Waals surface area contributed by atoms with Crippen molar-refractivity contribution in [1.82, 2.24) is 25.0 Å². The fraction of sp³-hybridized carbons (Fsp3) is 0.300. The lowest BCUT2D eigenvalue weighted by atomic mass is 10.1. The third-order valence-corrected chi connectivity index (χ3v) is 4.87. The Hall–Kier alpha value is -2.70. The number of rotatable bonds is 5. The normalized spacial score (nSPS) is 16.0. The van der Waals surface area contributed by atoms with E-state index in [9.17, 15) is 0 Å². The Morgan fingerprint density at radius 2 is 1.96 bits per heavy atom. The van der Waals surface area contributed by atoms with Crippen molar-refractivity contribution in [3.8, 4) is 11.1 Å². The number of piperazine rings is 1. The van der Waals surface area contributed by atoms with Crippen LogP contribution >= 0.6 is 0 Å². The second-order valence-electron chi connectivity index (χ2n) is 6.93. The average molecular weight is 348 g/mol. The van der Waals surface area contributed by atoms with Crippen LogP contribution in [0.1, 0.15) is 0 Å². The number of hydrogen-bond acceptors (Lipinski definition) is 5. The molecule has 3 aromatic rings. The molecule has 0 saturated carbocycles. The number of likely N-dealkylation sites (N-methyl/N-ethyl adjacent to an activating group) is 1. The minimum absolute atomic E-state index is 0.834. The maximum atomic E-state index is 4.53. The monoisotopic (exact) mass is 348 g/mol. The van der Waals surface area contributed by atoms with Crippen LogP contribution in [0.5, 0.6) is 0 Å². The van der Waals surface area contributed by atoms with Gasteiger partial charge in [-0.3, -0.25) is 10.00 Å². The lowest BCUT2D eigenvalue weighted by molar-refractivity contribution is 0.164. The van der Waals surface area contributed by atoms with E-state index in [1.54, 1.807) is 0 Å². The third-order valence-electron chi connectivity index (χ3n) is 4.87. The molecule has 1 aliphatic rings. The maximum absolute atomic E-state index is 4.53. The van der Waals surface area contributed by atoms with Crippen molar-refractivity contribution in [3.05, 3.63) is 55.1 Å². The Kier molecular flexibility index (Phi) is 4.69. The summed E-state index contributed by atoms with van der Waals surface area (Å²) in [6.45, 7) is 9.41. The van der Waals surface area contributed by atoms with Crippen molar-refractivity contribution in [1.29, 1.82) is 0 Å². The van der Waals surface area contributed by atoms with Gasteiger partial charge in [-0.1, -0.05) is 18.7 Å². The zero-order valence-corrected chi connectivity index (χ0v) is 15.1. The number of nitrogens with one attached hydrogen (secondary N) is 2. The number of anilines is 1. The summed E-state index contributed by atoms with van der Waals surface area (Å²) in [7, 11) is 2.17. The number of pyridine rings is 1. The molecule has 0 radical (unpaired) electrons. The van der Waals surface area contributed by atoms with Gasteiger partial charge in [-0.15, -0.1) is 0 Å². The first-order valence-corrected chi connectivity index (χ1v) is 8.92. The molecule has 1 aliphatic heterocycles. The molecule has 134 valence electrons. The highest BCUT2D eigenvalue weighted by Crippen LogP contribution is 2.25.